The quantitative estimate of drug-likeness (QED) is 0.268. The van der Waals surface area contributed by atoms with Crippen molar-refractivity contribution in [3.63, 3.8) is 0 Å². The minimum absolute atomic E-state index is 0.0533. The van der Waals surface area contributed by atoms with Gasteiger partial charge in [-0.3, -0.25) is 0 Å². The Labute approximate surface area is 238 Å². The molecule has 4 aromatic rings. The minimum Gasteiger partial charge on any atom is -0.490 e. The molecule has 0 spiro atoms. The highest BCUT2D eigenvalue weighted by Gasteiger charge is 2.33. The number of aromatic nitrogens is 4. The fourth-order valence-electron chi connectivity index (χ4n) is 4.56. The van der Waals surface area contributed by atoms with Crippen molar-refractivity contribution >= 4 is 6.09 Å². The summed E-state index contributed by atoms with van der Waals surface area (Å²) in [6.07, 6.45) is 4.28. The molecule has 1 amide bonds. The van der Waals surface area contributed by atoms with Gasteiger partial charge in [0.15, 0.2) is 11.6 Å². The third-order valence-electron chi connectivity index (χ3n) is 6.94. The molecule has 2 aromatic carbocycles. The summed E-state index contributed by atoms with van der Waals surface area (Å²) in [6.45, 7) is 9.81. The largest absolute Gasteiger partial charge is 0.490 e. The lowest BCUT2D eigenvalue weighted by molar-refractivity contribution is 0.0363. The zero-order valence-corrected chi connectivity index (χ0v) is 23.8. The number of pyridine rings is 1. The van der Waals surface area contributed by atoms with Gasteiger partial charge < -0.3 is 19.5 Å². The Morgan fingerprint density at radius 2 is 1.56 bits per heavy atom. The van der Waals surface area contributed by atoms with Gasteiger partial charge in [0.1, 0.15) is 23.2 Å². The Morgan fingerprint density at radius 1 is 0.927 bits per heavy atom. The molecule has 0 saturated heterocycles. The van der Waals surface area contributed by atoms with E-state index >= 15 is 0 Å². The molecular weight excluding hydrogens is 525 g/mol. The van der Waals surface area contributed by atoms with Crippen LogP contribution in [0.2, 0.25) is 0 Å². The Balaban J connectivity index is 1.17. The van der Waals surface area contributed by atoms with Crippen molar-refractivity contribution in [2.75, 3.05) is 0 Å². The summed E-state index contributed by atoms with van der Waals surface area (Å²) >= 11 is 0. The standard InChI is InChI=1S/C31H34FN5O4/c1-30(2,3)41-29(38)34-22-18-25(19-22)39-23-10-6-20(7-11-23)31(4,5)21-8-12-24(13-9-21)40-28-26(32)14-15-27(35-28)37-17-16-33-36-37/h6-17,22,25H,18-19H2,1-5H3,(H,34,38). The van der Waals surface area contributed by atoms with E-state index in [4.69, 9.17) is 14.2 Å². The third-order valence-corrected chi connectivity index (χ3v) is 6.94. The number of amides is 1. The topological polar surface area (TPSA) is 100 Å². The van der Waals surface area contributed by atoms with Gasteiger partial charge in [-0.25, -0.2) is 13.9 Å². The van der Waals surface area contributed by atoms with Gasteiger partial charge in [-0.15, -0.1) is 5.10 Å². The van der Waals surface area contributed by atoms with Crippen molar-refractivity contribution in [3.8, 4) is 23.2 Å². The van der Waals surface area contributed by atoms with Gasteiger partial charge in [0, 0.05) is 24.3 Å². The number of nitrogens with zero attached hydrogens (tertiary/aromatic N) is 4. The van der Waals surface area contributed by atoms with Crippen molar-refractivity contribution in [3.05, 3.63) is 90.0 Å². The van der Waals surface area contributed by atoms with E-state index in [-0.39, 0.29) is 23.4 Å². The molecule has 9 nitrogen and oxygen atoms in total. The number of ether oxygens (including phenoxy) is 3. The summed E-state index contributed by atoms with van der Waals surface area (Å²) in [7, 11) is 0. The van der Waals surface area contributed by atoms with Crippen LogP contribution >= 0.6 is 0 Å². The van der Waals surface area contributed by atoms with Crippen LogP contribution in [0.1, 0.15) is 58.6 Å². The van der Waals surface area contributed by atoms with Crippen molar-refractivity contribution < 1.29 is 23.4 Å². The van der Waals surface area contributed by atoms with E-state index in [0.29, 0.717) is 11.6 Å². The molecule has 5 rings (SSSR count). The monoisotopic (exact) mass is 559 g/mol. The first-order chi connectivity index (χ1) is 19.5. The maximum atomic E-state index is 14.4. The van der Waals surface area contributed by atoms with Gasteiger partial charge in [0.25, 0.3) is 5.88 Å². The summed E-state index contributed by atoms with van der Waals surface area (Å²) in [4.78, 5) is 16.2. The van der Waals surface area contributed by atoms with Gasteiger partial charge >= 0.3 is 6.09 Å². The maximum Gasteiger partial charge on any atom is 0.407 e. The minimum atomic E-state index is -0.572. The van der Waals surface area contributed by atoms with Crippen LogP contribution in [-0.4, -0.2) is 43.8 Å². The average molecular weight is 560 g/mol. The van der Waals surface area contributed by atoms with Crippen LogP contribution in [0.3, 0.4) is 0 Å². The highest BCUT2D eigenvalue weighted by molar-refractivity contribution is 5.68. The zero-order valence-electron chi connectivity index (χ0n) is 23.8. The summed E-state index contributed by atoms with van der Waals surface area (Å²) in [5, 5.41) is 10.5. The number of rotatable bonds is 8. The molecule has 1 aliphatic rings. The molecule has 1 N–H and O–H groups in total. The molecule has 2 heterocycles. The van der Waals surface area contributed by atoms with Crippen LogP contribution in [-0.2, 0) is 10.2 Å². The first-order valence-electron chi connectivity index (χ1n) is 13.5. The first-order valence-corrected chi connectivity index (χ1v) is 13.5. The van der Waals surface area contributed by atoms with Gasteiger partial charge in [-0.2, -0.15) is 4.98 Å². The fourth-order valence-corrected chi connectivity index (χ4v) is 4.56. The molecule has 1 aliphatic carbocycles. The van der Waals surface area contributed by atoms with Crippen LogP contribution in [0.25, 0.3) is 5.82 Å². The molecule has 0 atom stereocenters. The molecule has 2 aromatic heterocycles. The van der Waals surface area contributed by atoms with Crippen molar-refractivity contribution in [1.29, 1.82) is 0 Å². The summed E-state index contributed by atoms with van der Waals surface area (Å²) < 4.78 is 33.0. The Hall–Kier alpha value is -4.47. The number of alkyl carbamates (subject to hydrolysis) is 1. The molecule has 0 unspecified atom stereocenters. The number of hydrogen-bond acceptors (Lipinski definition) is 7. The van der Waals surface area contributed by atoms with Gasteiger partial charge in [0.05, 0.1) is 12.4 Å². The lowest BCUT2D eigenvalue weighted by atomic mass is 9.78. The number of nitrogens with one attached hydrogen (secondary N) is 1. The van der Waals surface area contributed by atoms with Crippen LogP contribution in [0.15, 0.2) is 73.1 Å². The second kappa shape index (κ2) is 11.2. The number of halogens is 1. The number of carbonyl (C=O) groups is 1. The highest BCUT2D eigenvalue weighted by atomic mass is 19.1. The van der Waals surface area contributed by atoms with Crippen molar-refractivity contribution in [1.82, 2.24) is 25.3 Å². The smallest absolute Gasteiger partial charge is 0.407 e. The van der Waals surface area contributed by atoms with Gasteiger partial charge in [-0.1, -0.05) is 43.3 Å². The predicted molar refractivity (Wildman–Crippen MR) is 151 cm³/mol. The Morgan fingerprint density at radius 3 is 2.15 bits per heavy atom. The lowest BCUT2D eigenvalue weighted by Crippen LogP contribution is -2.50. The Kier molecular flexibility index (Phi) is 7.66. The first kappa shape index (κ1) is 28.1. The summed E-state index contributed by atoms with van der Waals surface area (Å²) in [5.74, 6) is 0.946. The molecule has 214 valence electrons. The van der Waals surface area contributed by atoms with Gasteiger partial charge in [0.2, 0.25) is 0 Å². The second-order valence-corrected chi connectivity index (χ2v) is 11.6. The van der Waals surface area contributed by atoms with Crippen LogP contribution < -0.4 is 14.8 Å². The van der Waals surface area contributed by atoms with Crippen LogP contribution in [0, 0.1) is 5.82 Å². The summed E-state index contributed by atoms with van der Waals surface area (Å²) in [5.41, 5.74) is 1.37. The van der Waals surface area contributed by atoms with Crippen LogP contribution in [0.5, 0.6) is 17.4 Å². The van der Waals surface area contributed by atoms with E-state index in [1.807, 2.05) is 45.0 Å². The van der Waals surface area contributed by atoms with Crippen LogP contribution in [0.4, 0.5) is 9.18 Å². The molecule has 10 heteroatoms. The van der Waals surface area contributed by atoms with E-state index in [2.05, 4.69) is 46.6 Å². The predicted octanol–water partition coefficient (Wildman–Crippen LogP) is 6.35. The number of benzene rings is 2. The van der Waals surface area contributed by atoms with E-state index in [0.717, 1.165) is 29.7 Å². The lowest BCUT2D eigenvalue weighted by Gasteiger charge is -2.36. The maximum absolute atomic E-state index is 14.4. The van der Waals surface area contributed by atoms with E-state index in [9.17, 15) is 9.18 Å². The summed E-state index contributed by atoms with van der Waals surface area (Å²) in [6, 6.07) is 18.4. The molecule has 1 fully saturated rings. The Bertz CT molecular complexity index is 1480. The van der Waals surface area contributed by atoms with Gasteiger partial charge in [-0.05, 0) is 68.3 Å². The van der Waals surface area contributed by atoms with E-state index in [1.54, 1.807) is 18.3 Å². The molecule has 41 heavy (non-hydrogen) atoms. The fraction of sp³-hybridized carbons (Fsp3) is 0.355. The molecule has 0 aliphatic heterocycles. The number of carbonyl (C=O) groups excluding carboxylic acids is 1. The zero-order chi connectivity index (χ0) is 29.2. The van der Waals surface area contributed by atoms with Crippen molar-refractivity contribution in [2.45, 2.75) is 70.6 Å². The number of hydrogen-bond donors (Lipinski definition) is 1. The average Bonchev–Trinajstić information content (AvgIpc) is 3.43. The SMILES string of the molecule is CC(C)(C)OC(=O)NC1CC(Oc2ccc(C(C)(C)c3ccc(Oc4nc(-n5ccnn5)ccc4F)cc3)cc2)C1. The van der Waals surface area contributed by atoms with E-state index in [1.165, 1.54) is 23.0 Å². The third kappa shape index (κ3) is 6.82. The molecular formula is C31H34FN5O4. The molecule has 0 bridgehead atoms. The highest BCUT2D eigenvalue weighted by Crippen LogP contribution is 2.35. The van der Waals surface area contributed by atoms with E-state index < -0.39 is 17.5 Å². The normalized spacial score (nSPS) is 16.9. The van der Waals surface area contributed by atoms with Crippen molar-refractivity contribution in [2.24, 2.45) is 0 Å². The molecule has 1 saturated carbocycles. The second-order valence-electron chi connectivity index (χ2n) is 11.6. The molecule has 0 radical (unpaired) electrons.